The van der Waals surface area contributed by atoms with Crippen LogP contribution in [0.2, 0.25) is 0 Å². The Morgan fingerprint density at radius 3 is 2.61 bits per heavy atom. The Balaban J connectivity index is 2.31. The number of benzene rings is 1. The topological polar surface area (TPSA) is 41.1 Å². The first-order valence-corrected chi connectivity index (χ1v) is 6.55. The van der Waals surface area contributed by atoms with E-state index in [1.165, 1.54) is 16.7 Å². The predicted octanol–water partition coefficient (Wildman–Crippen LogP) is 1.96. The van der Waals surface area contributed by atoms with Crippen molar-refractivity contribution in [2.45, 2.75) is 40.2 Å². The number of carbonyl (C=O) groups excluding carboxylic acids is 1. The summed E-state index contributed by atoms with van der Waals surface area (Å²) in [6, 6.07) is 6.78. The van der Waals surface area contributed by atoms with Crippen LogP contribution < -0.4 is 10.6 Å². The second-order valence-corrected chi connectivity index (χ2v) is 5.07. The molecular formula is C15H24N2O. The summed E-state index contributed by atoms with van der Waals surface area (Å²) in [5.74, 6) is 0.0634. The van der Waals surface area contributed by atoms with Crippen molar-refractivity contribution in [3.63, 3.8) is 0 Å². The lowest BCUT2D eigenvalue weighted by Gasteiger charge is -2.10. The quantitative estimate of drug-likeness (QED) is 0.808. The molecule has 0 fully saturated rings. The second-order valence-electron chi connectivity index (χ2n) is 5.07. The molecule has 0 saturated heterocycles. The molecule has 0 aromatic heterocycles. The maximum Gasteiger partial charge on any atom is 0.233 e. The lowest BCUT2D eigenvalue weighted by atomic mass is 10.0. The maximum absolute atomic E-state index is 11.5. The van der Waals surface area contributed by atoms with E-state index in [1.807, 2.05) is 13.8 Å². The second kappa shape index (κ2) is 7.17. The van der Waals surface area contributed by atoms with Crippen LogP contribution in [0.25, 0.3) is 0 Å². The predicted molar refractivity (Wildman–Crippen MR) is 75.8 cm³/mol. The number of carbonyl (C=O) groups is 1. The van der Waals surface area contributed by atoms with Crippen LogP contribution >= 0.6 is 0 Å². The third-order valence-electron chi connectivity index (χ3n) is 2.89. The molecular weight excluding hydrogens is 224 g/mol. The molecule has 0 aliphatic heterocycles. The summed E-state index contributed by atoms with van der Waals surface area (Å²) in [7, 11) is 0. The third kappa shape index (κ3) is 5.32. The molecule has 0 aliphatic carbocycles. The Hall–Kier alpha value is -1.35. The van der Waals surface area contributed by atoms with Gasteiger partial charge in [-0.25, -0.2) is 0 Å². The highest BCUT2D eigenvalue weighted by molar-refractivity contribution is 5.78. The number of nitrogens with one attached hydrogen (secondary N) is 2. The molecule has 3 nitrogen and oxygen atoms in total. The van der Waals surface area contributed by atoms with E-state index in [2.05, 4.69) is 42.7 Å². The van der Waals surface area contributed by atoms with E-state index in [1.54, 1.807) is 0 Å². The molecule has 3 heteroatoms. The van der Waals surface area contributed by atoms with Crippen LogP contribution in [-0.4, -0.2) is 25.0 Å². The summed E-state index contributed by atoms with van der Waals surface area (Å²) in [6.45, 7) is 9.36. The van der Waals surface area contributed by atoms with Gasteiger partial charge in [0.05, 0.1) is 6.54 Å². The van der Waals surface area contributed by atoms with Gasteiger partial charge in [-0.15, -0.1) is 0 Å². The Morgan fingerprint density at radius 2 is 2.00 bits per heavy atom. The Morgan fingerprint density at radius 1 is 1.28 bits per heavy atom. The Labute approximate surface area is 110 Å². The van der Waals surface area contributed by atoms with Crippen LogP contribution in [0.3, 0.4) is 0 Å². The molecule has 1 aromatic rings. The SMILES string of the molecule is Cc1ccc(CCNC(=O)CNC(C)C)c(C)c1. The monoisotopic (exact) mass is 248 g/mol. The van der Waals surface area contributed by atoms with Crippen molar-refractivity contribution in [3.05, 3.63) is 34.9 Å². The fourth-order valence-electron chi connectivity index (χ4n) is 1.82. The van der Waals surface area contributed by atoms with Gasteiger partial charge in [0.1, 0.15) is 0 Å². The molecule has 0 spiro atoms. The summed E-state index contributed by atoms with van der Waals surface area (Å²) in [5, 5.41) is 6.03. The lowest BCUT2D eigenvalue weighted by molar-refractivity contribution is -0.120. The van der Waals surface area contributed by atoms with Gasteiger partial charge in [-0.2, -0.15) is 0 Å². The van der Waals surface area contributed by atoms with E-state index in [-0.39, 0.29) is 5.91 Å². The van der Waals surface area contributed by atoms with Crippen molar-refractivity contribution in [1.82, 2.24) is 10.6 Å². The third-order valence-corrected chi connectivity index (χ3v) is 2.89. The minimum absolute atomic E-state index is 0.0634. The van der Waals surface area contributed by atoms with Gasteiger partial charge in [0.2, 0.25) is 5.91 Å². The average molecular weight is 248 g/mol. The molecule has 0 heterocycles. The van der Waals surface area contributed by atoms with E-state index in [0.717, 1.165) is 6.42 Å². The Kier molecular flexibility index (Phi) is 5.86. The van der Waals surface area contributed by atoms with Crippen molar-refractivity contribution in [3.8, 4) is 0 Å². The van der Waals surface area contributed by atoms with E-state index in [4.69, 9.17) is 0 Å². The molecule has 0 radical (unpaired) electrons. The number of aryl methyl sites for hydroxylation is 2. The molecule has 1 aromatic carbocycles. The van der Waals surface area contributed by atoms with Gasteiger partial charge in [-0.1, -0.05) is 37.6 Å². The summed E-state index contributed by atoms with van der Waals surface area (Å²) in [6.07, 6.45) is 0.888. The molecule has 0 bridgehead atoms. The maximum atomic E-state index is 11.5. The number of amides is 1. The van der Waals surface area contributed by atoms with Crippen molar-refractivity contribution in [2.75, 3.05) is 13.1 Å². The van der Waals surface area contributed by atoms with Crippen LogP contribution in [0.1, 0.15) is 30.5 Å². The highest BCUT2D eigenvalue weighted by Crippen LogP contribution is 2.10. The molecule has 0 saturated carbocycles. The molecule has 1 amide bonds. The number of hydrogen-bond donors (Lipinski definition) is 2. The van der Waals surface area contributed by atoms with Crippen molar-refractivity contribution in [1.29, 1.82) is 0 Å². The minimum Gasteiger partial charge on any atom is -0.355 e. The van der Waals surface area contributed by atoms with Gasteiger partial charge < -0.3 is 10.6 Å². The molecule has 100 valence electrons. The zero-order valence-electron chi connectivity index (χ0n) is 11.8. The average Bonchev–Trinajstić information content (AvgIpc) is 2.29. The number of rotatable bonds is 6. The largest absolute Gasteiger partial charge is 0.355 e. The van der Waals surface area contributed by atoms with Gasteiger partial charge in [0, 0.05) is 12.6 Å². The minimum atomic E-state index is 0.0634. The standard InChI is InChI=1S/C15H24N2O/c1-11(2)17-10-15(18)16-8-7-14-6-5-12(3)9-13(14)4/h5-6,9,11,17H,7-8,10H2,1-4H3,(H,16,18). The van der Waals surface area contributed by atoms with Gasteiger partial charge >= 0.3 is 0 Å². The van der Waals surface area contributed by atoms with Crippen LogP contribution in [0, 0.1) is 13.8 Å². The molecule has 0 unspecified atom stereocenters. The fraction of sp³-hybridized carbons (Fsp3) is 0.533. The molecule has 18 heavy (non-hydrogen) atoms. The molecule has 1 rings (SSSR count). The number of hydrogen-bond acceptors (Lipinski definition) is 2. The molecule has 0 atom stereocenters. The van der Waals surface area contributed by atoms with Crippen molar-refractivity contribution >= 4 is 5.91 Å². The zero-order chi connectivity index (χ0) is 13.5. The van der Waals surface area contributed by atoms with Gasteiger partial charge in [0.25, 0.3) is 0 Å². The van der Waals surface area contributed by atoms with E-state index in [9.17, 15) is 4.79 Å². The van der Waals surface area contributed by atoms with E-state index >= 15 is 0 Å². The normalized spacial score (nSPS) is 10.7. The van der Waals surface area contributed by atoms with Gasteiger partial charge in [-0.05, 0) is 31.4 Å². The van der Waals surface area contributed by atoms with Crippen molar-refractivity contribution < 1.29 is 4.79 Å². The van der Waals surface area contributed by atoms with Crippen LogP contribution in [-0.2, 0) is 11.2 Å². The smallest absolute Gasteiger partial charge is 0.233 e. The first-order valence-electron chi connectivity index (χ1n) is 6.55. The molecule has 0 aliphatic rings. The highest BCUT2D eigenvalue weighted by Gasteiger charge is 2.03. The summed E-state index contributed by atoms with van der Waals surface area (Å²) in [4.78, 5) is 11.5. The van der Waals surface area contributed by atoms with Gasteiger partial charge in [0.15, 0.2) is 0 Å². The first kappa shape index (κ1) is 14.7. The van der Waals surface area contributed by atoms with E-state index < -0.39 is 0 Å². The summed E-state index contributed by atoms with van der Waals surface area (Å²) < 4.78 is 0. The zero-order valence-corrected chi connectivity index (χ0v) is 11.8. The molecule has 2 N–H and O–H groups in total. The van der Waals surface area contributed by atoms with Gasteiger partial charge in [-0.3, -0.25) is 4.79 Å². The fourth-order valence-corrected chi connectivity index (χ4v) is 1.82. The van der Waals surface area contributed by atoms with Crippen molar-refractivity contribution in [2.24, 2.45) is 0 Å². The van der Waals surface area contributed by atoms with Crippen LogP contribution in [0.15, 0.2) is 18.2 Å². The lowest BCUT2D eigenvalue weighted by Crippen LogP contribution is -2.37. The summed E-state index contributed by atoms with van der Waals surface area (Å²) >= 11 is 0. The Bertz CT molecular complexity index is 399. The summed E-state index contributed by atoms with van der Waals surface area (Å²) in [5.41, 5.74) is 3.88. The van der Waals surface area contributed by atoms with Crippen LogP contribution in [0.5, 0.6) is 0 Å². The van der Waals surface area contributed by atoms with Crippen LogP contribution in [0.4, 0.5) is 0 Å². The first-order chi connectivity index (χ1) is 8.49. The van der Waals surface area contributed by atoms with E-state index in [0.29, 0.717) is 19.1 Å². The highest BCUT2D eigenvalue weighted by atomic mass is 16.1.